The average Bonchev–Trinajstić information content (AvgIpc) is 2.97. The number of hydrogen-bond acceptors (Lipinski definition) is 3. The third-order valence-electron chi connectivity index (χ3n) is 3.92. The van der Waals surface area contributed by atoms with Gasteiger partial charge in [0, 0.05) is 23.6 Å². The van der Waals surface area contributed by atoms with Crippen molar-refractivity contribution in [2.24, 2.45) is 0 Å². The molecule has 0 radical (unpaired) electrons. The molecule has 2 aliphatic heterocycles. The zero-order valence-corrected chi connectivity index (χ0v) is 12.3. The molecule has 2 aromatic carbocycles. The van der Waals surface area contributed by atoms with Crippen molar-refractivity contribution in [3.8, 4) is 5.75 Å². The number of para-hydroxylation sites is 2. The lowest BCUT2D eigenvalue weighted by Gasteiger charge is -2.30. The highest BCUT2D eigenvalue weighted by Crippen LogP contribution is 2.36. The molecule has 1 atom stereocenters. The monoisotopic (exact) mass is 297 g/mol. The Bertz CT molecular complexity index is 676. The number of carbonyl (C=O) groups excluding carboxylic acids is 1. The first-order valence-corrected chi connectivity index (χ1v) is 8.09. The molecule has 0 N–H and O–H groups in total. The molecule has 21 heavy (non-hydrogen) atoms. The van der Waals surface area contributed by atoms with Crippen molar-refractivity contribution in [2.45, 2.75) is 17.4 Å². The van der Waals surface area contributed by atoms with Crippen molar-refractivity contribution in [3.05, 3.63) is 54.1 Å². The quantitative estimate of drug-likeness (QED) is 0.810. The minimum Gasteiger partial charge on any atom is -0.480 e. The predicted octanol–water partition coefficient (Wildman–Crippen LogP) is 3.13. The smallest absolute Gasteiger partial charge is 0.268 e. The Morgan fingerprint density at radius 1 is 1.14 bits per heavy atom. The molecule has 0 aromatic heterocycles. The number of thioether (sulfide) groups is 1. The summed E-state index contributed by atoms with van der Waals surface area (Å²) in [7, 11) is 0. The van der Waals surface area contributed by atoms with Crippen molar-refractivity contribution < 1.29 is 9.53 Å². The van der Waals surface area contributed by atoms with Crippen LogP contribution in [0.3, 0.4) is 0 Å². The van der Waals surface area contributed by atoms with Crippen molar-refractivity contribution in [1.29, 1.82) is 0 Å². The molecule has 4 heteroatoms. The Kier molecular flexibility index (Phi) is 3.11. The molecule has 3 nitrogen and oxygen atoms in total. The Hall–Kier alpha value is -1.94. The zero-order valence-electron chi connectivity index (χ0n) is 11.5. The summed E-state index contributed by atoms with van der Waals surface area (Å²) in [5.74, 6) is 1.84. The second kappa shape index (κ2) is 5.11. The SMILES string of the molecule is O=C([C@H]1Cc2ccccc2O1)N1CCSc2ccccc21. The van der Waals surface area contributed by atoms with Gasteiger partial charge in [-0.3, -0.25) is 4.79 Å². The van der Waals surface area contributed by atoms with Crippen molar-refractivity contribution in [2.75, 3.05) is 17.2 Å². The maximum absolute atomic E-state index is 12.8. The van der Waals surface area contributed by atoms with Gasteiger partial charge >= 0.3 is 0 Å². The van der Waals surface area contributed by atoms with Crippen LogP contribution in [0, 0.1) is 0 Å². The number of ether oxygens (including phenoxy) is 1. The van der Waals surface area contributed by atoms with Crippen molar-refractivity contribution in [1.82, 2.24) is 0 Å². The van der Waals surface area contributed by atoms with Crippen LogP contribution in [0.2, 0.25) is 0 Å². The van der Waals surface area contributed by atoms with Gasteiger partial charge in [0.15, 0.2) is 6.10 Å². The summed E-state index contributed by atoms with van der Waals surface area (Å²) in [6.45, 7) is 0.747. The third kappa shape index (κ3) is 2.20. The van der Waals surface area contributed by atoms with Gasteiger partial charge in [0.1, 0.15) is 5.75 Å². The van der Waals surface area contributed by atoms with Crippen molar-refractivity contribution in [3.63, 3.8) is 0 Å². The predicted molar refractivity (Wildman–Crippen MR) is 84.1 cm³/mol. The fourth-order valence-electron chi connectivity index (χ4n) is 2.89. The number of benzene rings is 2. The molecule has 2 aliphatic rings. The lowest BCUT2D eigenvalue weighted by atomic mass is 10.1. The minimum atomic E-state index is -0.390. The first-order valence-electron chi connectivity index (χ1n) is 7.11. The second-order valence-corrected chi connectivity index (χ2v) is 6.36. The summed E-state index contributed by atoms with van der Waals surface area (Å²) in [6.07, 6.45) is 0.277. The van der Waals surface area contributed by atoms with Crippen LogP contribution in [0.5, 0.6) is 5.75 Å². The Morgan fingerprint density at radius 2 is 1.95 bits per heavy atom. The second-order valence-electron chi connectivity index (χ2n) is 5.22. The average molecular weight is 297 g/mol. The highest BCUT2D eigenvalue weighted by atomic mass is 32.2. The molecule has 2 heterocycles. The molecule has 0 unspecified atom stereocenters. The van der Waals surface area contributed by atoms with Crippen molar-refractivity contribution >= 4 is 23.4 Å². The summed E-state index contributed by atoms with van der Waals surface area (Å²) in [5.41, 5.74) is 2.13. The number of anilines is 1. The molecule has 0 saturated carbocycles. The standard InChI is InChI=1S/C17H15NO2S/c19-17(15-11-12-5-1-3-7-14(12)20-15)18-9-10-21-16-8-4-2-6-13(16)18/h1-8,15H,9-11H2/t15-/m1/s1. The Labute approximate surface area is 127 Å². The van der Waals surface area contributed by atoms with Gasteiger partial charge < -0.3 is 9.64 Å². The number of amides is 1. The van der Waals surface area contributed by atoms with E-state index in [4.69, 9.17) is 4.74 Å². The van der Waals surface area contributed by atoms with Crippen LogP contribution in [0.25, 0.3) is 0 Å². The third-order valence-corrected chi connectivity index (χ3v) is 4.96. The number of carbonyl (C=O) groups is 1. The first kappa shape index (κ1) is 12.8. The van der Waals surface area contributed by atoms with Gasteiger partial charge in [-0.05, 0) is 23.8 Å². The van der Waals surface area contributed by atoms with E-state index >= 15 is 0 Å². The van der Waals surface area contributed by atoms with E-state index in [1.54, 1.807) is 11.8 Å². The summed E-state index contributed by atoms with van der Waals surface area (Å²) in [6, 6.07) is 16.0. The largest absolute Gasteiger partial charge is 0.480 e. The summed E-state index contributed by atoms with van der Waals surface area (Å²) in [4.78, 5) is 15.9. The van der Waals surface area contributed by atoms with Gasteiger partial charge in [0.2, 0.25) is 0 Å². The normalized spacial score (nSPS) is 19.6. The van der Waals surface area contributed by atoms with Gasteiger partial charge in [0.25, 0.3) is 5.91 Å². The molecule has 2 aromatic rings. The molecule has 1 amide bonds. The van der Waals surface area contributed by atoms with E-state index in [1.807, 2.05) is 47.4 Å². The van der Waals surface area contributed by atoms with E-state index in [9.17, 15) is 4.79 Å². The van der Waals surface area contributed by atoms with E-state index in [2.05, 4.69) is 6.07 Å². The van der Waals surface area contributed by atoms with E-state index < -0.39 is 6.10 Å². The fourth-order valence-corrected chi connectivity index (χ4v) is 3.89. The van der Waals surface area contributed by atoms with E-state index in [0.29, 0.717) is 6.42 Å². The lowest BCUT2D eigenvalue weighted by molar-refractivity contribution is -0.124. The van der Waals surface area contributed by atoms with E-state index in [-0.39, 0.29) is 5.91 Å². The first-order chi connectivity index (χ1) is 10.3. The van der Waals surface area contributed by atoms with Crippen LogP contribution in [-0.4, -0.2) is 24.3 Å². The van der Waals surface area contributed by atoms with Crippen LogP contribution in [-0.2, 0) is 11.2 Å². The maximum Gasteiger partial charge on any atom is 0.268 e. The van der Waals surface area contributed by atoms with Gasteiger partial charge in [-0.25, -0.2) is 0 Å². The number of hydrogen-bond donors (Lipinski definition) is 0. The zero-order chi connectivity index (χ0) is 14.2. The van der Waals surface area contributed by atoms with Gasteiger partial charge in [0.05, 0.1) is 5.69 Å². The van der Waals surface area contributed by atoms with Crippen LogP contribution in [0.4, 0.5) is 5.69 Å². The molecule has 106 valence electrons. The highest BCUT2D eigenvalue weighted by Gasteiger charge is 2.34. The molecule has 4 rings (SSSR count). The topological polar surface area (TPSA) is 29.5 Å². The Morgan fingerprint density at radius 3 is 2.86 bits per heavy atom. The molecule has 0 saturated heterocycles. The summed E-state index contributed by atoms with van der Waals surface area (Å²) >= 11 is 1.81. The molecule has 0 spiro atoms. The van der Waals surface area contributed by atoms with Gasteiger partial charge in [-0.2, -0.15) is 0 Å². The Balaban J connectivity index is 1.60. The van der Waals surface area contributed by atoms with Crippen LogP contribution in [0.15, 0.2) is 53.4 Å². The van der Waals surface area contributed by atoms with Gasteiger partial charge in [-0.15, -0.1) is 11.8 Å². The van der Waals surface area contributed by atoms with Crippen LogP contribution in [0.1, 0.15) is 5.56 Å². The highest BCUT2D eigenvalue weighted by molar-refractivity contribution is 7.99. The van der Waals surface area contributed by atoms with Gasteiger partial charge in [-0.1, -0.05) is 30.3 Å². The van der Waals surface area contributed by atoms with E-state index in [0.717, 1.165) is 29.3 Å². The molecular weight excluding hydrogens is 282 g/mol. The van der Waals surface area contributed by atoms with Crippen LogP contribution >= 0.6 is 11.8 Å². The summed E-state index contributed by atoms with van der Waals surface area (Å²) in [5, 5.41) is 0. The minimum absolute atomic E-state index is 0.0685. The summed E-state index contributed by atoms with van der Waals surface area (Å²) < 4.78 is 5.84. The molecule has 0 bridgehead atoms. The molecular formula is C17H15NO2S. The number of rotatable bonds is 1. The molecule has 0 fully saturated rings. The fraction of sp³-hybridized carbons (Fsp3) is 0.235. The van der Waals surface area contributed by atoms with Crippen LogP contribution < -0.4 is 9.64 Å². The van der Waals surface area contributed by atoms with E-state index in [1.165, 1.54) is 4.90 Å². The lowest BCUT2D eigenvalue weighted by Crippen LogP contribution is -2.44. The molecule has 0 aliphatic carbocycles. The number of fused-ring (bicyclic) bond motifs is 2. The maximum atomic E-state index is 12.8. The number of nitrogens with zero attached hydrogens (tertiary/aromatic N) is 1.